The summed E-state index contributed by atoms with van der Waals surface area (Å²) in [5.41, 5.74) is 6.54. The number of hydrogen-bond donors (Lipinski definition) is 1. The van der Waals surface area contributed by atoms with Crippen LogP contribution in [-0.2, 0) is 22.8 Å². The van der Waals surface area contributed by atoms with Crippen molar-refractivity contribution < 1.29 is 28.7 Å². The number of benzene rings is 3. The Kier molecular flexibility index (Phi) is 7.83. The van der Waals surface area contributed by atoms with Gasteiger partial charge in [0.1, 0.15) is 36.2 Å². The Balaban J connectivity index is 1.25. The average molecular weight is 536 g/mol. The number of fused-ring (bicyclic) bond motifs is 1. The van der Waals surface area contributed by atoms with Crippen LogP contribution in [0.2, 0.25) is 0 Å². The molecule has 1 N–H and O–H groups in total. The number of aryl methyl sites for hydroxylation is 2. The van der Waals surface area contributed by atoms with Gasteiger partial charge in [-0.3, -0.25) is 4.79 Å². The summed E-state index contributed by atoms with van der Waals surface area (Å²) in [6.07, 6.45) is 2.70. The van der Waals surface area contributed by atoms with E-state index in [-0.39, 0.29) is 18.4 Å². The highest BCUT2D eigenvalue weighted by molar-refractivity contribution is 7.88. The van der Waals surface area contributed by atoms with Crippen LogP contribution in [-0.4, -0.2) is 52.0 Å². The lowest BCUT2D eigenvalue weighted by Gasteiger charge is -2.19. The molecule has 0 aliphatic carbocycles. The van der Waals surface area contributed by atoms with Crippen LogP contribution in [0.15, 0.2) is 54.6 Å². The molecule has 38 heavy (non-hydrogen) atoms. The molecule has 2 heterocycles. The molecule has 1 saturated heterocycles. The van der Waals surface area contributed by atoms with Crippen molar-refractivity contribution >= 4 is 17.3 Å². The Hall–Kier alpha value is -3.20. The first-order chi connectivity index (χ1) is 18.3. The van der Waals surface area contributed by atoms with E-state index in [0.717, 1.165) is 46.5 Å². The van der Waals surface area contributed by atoms with Gasteiger partial charge in [-0.25, -0.2) is 0 Å². The topological polar surface area (TPSA) is 91.3 Å². The number of nitrogens with zero attached hydrogens (tertiary/aromatic N) is 1. The van der Waals surface area contributed by atoms with Crippen LogP contribution in [0.1, 0.15) is 41.0 Å². The minimum Gasteiger partial charge on any atom is -0.598 e. The summed E-state index contributed by atoms with van der Waals surface area (Å²) < 4.78 is 31.7. The second kappa shape index (κ2) is 11.3. The summed E-state index contributed by atoms with van der Waals surface area (Å²) in [5.74, 6) is 1.29. The average Bonchev–Trinajstić information content (AvgIpc) is 3.49. The van der Waals surface area contributed by atoms with Crippen molar-refractivity contribution in [3.05, 3.63) is 76.9 Å². The number of carboxylic acid groups (broad SMARTS) is 1. The SMILES string of the molecule is Cc1cc(O[C@H]2CCN([S+](C)[O-])C2)cc(C)c1-c1cccc(COc2ccc3c(c2)OCC3CC(=O)O)c1. The van der Waals surface area contributed by atoms with Gasteiger partial charge >= 0.3 is 5.97 Å². The Labute approximate surface area is 226 Å². The summed E-state index contributed by atoms with van der Waals surface area (Å²) >= 11 is -0.960. The third-order valence-electron chi connectivity index (χ3n) is 7.19. The molecule has 2 aliphatic rings. The highest BCUT2D eigenvalue weighted by Gasteiger charge is 2.30. The standard InChI is InChI=1S/C30H33NO6S/c1-19-11-26(37-25-9-10-31(16-25)38(3)34)12-20(2)30(19)22-6-4-5-21(13-22)17-35-24-7-8-27-23(14-29(32)33)18-36-28(27)15-24/h4-8,11-13,15,23,25H,9-10,14,16-18H2,1-3H3,(H,32,33)/t23?,25-,38?/m0/s1. The molecular weight excluding hydrogens is 502 g/mol. The maximum Gasteiger partial charge on any atom is 0.304 e. The van der Waals surface area contributed by atoms with E-state index in [1.54, 1.807) is 6.26 Å². The summed E-state index contributed by atoms with van der Waals surface area (Å²) in [6, 6.07) is 18.1. The van der Waals surface area contributed by atoms with Crippen molar-refractivity contribution in [1.29, 1.82) is 0 Å². The lowest BCUT2D eigenvalue weighted by Crippen LogP contribution is -2.29. The fourth-order valence-electron chi connectivity index (χ4n) is 5.38. The van der Waals surface area contributed by atoms with Gasteiger partial charge < -0.3 is 23.9 Å². The van der Waals surface area contributed by atoms with E-state index < -0.39 is 17.3 Å². The van der Waals surface area contributed by atoms with Gasteiger partial charge in [0.2, 0.25) is 0 Å². The van der Waals surface area contributed by atoms with Crippen LogP contribution in [0.4, 0.5) is 0 Å². The minimum absolute atomic E-state index is 0.0525. The van der Waals surface area contributed by atoms with Crippen LogP contribution < -0.4 is 14.2 Å². The first kappa shape index (κ1) is 26.4. The van der Waals surface area contributed by atoms with Gasteiger partial charge in [0.15, 0.2) is 0 Å². The highest BCUT2D eigenvalue weighted by atomic mass is 32.2. The summed E-state index contributed by atoms with van der Waals surface area (Å²) in [5, 5.41) is 9.10. The molecule has 0 aromatic heterocycles. The summed E-state index contributed by atoms with van der Waals surface area (Å²) in [7, 11) is 0. The van der Waals surface area contributed by atoms with E-state index in [9.17, 15) is 9.35 Å². The fourth-order valence-corrected chi connectivity index (χ4v) is 6.12. The molecule has 3 atom stereocenters. The van der Waals surface area contributed by atoms with Crippen molar-refractivity contribution in [1.82, 2.24) is 4.31 Å². The van der Waals surface area contributed by atoms with Gasteiger partial charge in [0, 0.05) is 41.9 Å². The molecule has 3 aromatic rings. The van der Waals surface area contributed by atoms with Gasteiger partial charge in [-0.2, -0.15) is 0 Å². The zero-order valence-electron chi connectivity index (χ0n) is 21.9. The molecule has 0 bridgehead atoms. The number of hydrogen-bond acceptors (Lipinski definition) is 6. The molecule has 2 aliphatic heterocycles. The van der Waals surface area contributed by atoms with E-state index in [4.69, 9.17) is 19.3 Å². The number of carbonyl (C=O) groups is 1. The zero-order chi connectivity index (χ0) is 26.8. The van der Waals surface area contributed by atoms with Crippen LogP contribution >= 0.6 is 0 Å². The van der Waals surface area contributed by atoms with Crippen molar-refractivity contribution in [3.63, 3.8) is 0 Å². The molecular formula is C30H33NO6S. The third kappa shape index (κ3) is 5.93. The van der Waals surface area contributed by atoms with Crippen LogP contribution in [0.5, 0.6) is 17.2 Å². The van der Waals surface area contributed by atoms with Crippen molar-refractivity contribution in [2.45, 2.75) is 45.3 Å². The van der Waals surface area contributed by atoms with Crippen molar-refractivity contribution in [3.8, 4) is 28.4 Å². The normalized spacial score (nSPS) is 19.6. The Bertz CT molecular complexity index is 1300. The van der Waals surface area contributed by atoms with Crippen molar-refractivity contribution in [2.75, 3.05) is 26.0 Å². The number of ether oxygens (including phenoxy) is 3. The second-order valence-corrected chi connectivity index (χ2v) is 11.4. The number of rotatable bonds is 9. The van der Waals surface area contributed by atoms with Crippen molar-refractivity contribution in [2.24, 2.45) is 0 Å². The van der Waals surface area contributed by atoms with Gasteiger partial charge in [0.05, 0.1) is 19.6 Å². The third-order valence-corrected chi connectivity index (χ3v) is 8.25. The minimum atomic E-state index is -0.960. The molecule has 3 aromatic carbocycles. The van der Waals surface area contributed by atoms with Gasteiger partial charge in [-0.1, -0.05) is 24.3 Å². The van der Waals surface area contributed by atoms with Crippen LogP contribution in [0.25, 0.3) is 11.1 Å². The molecule has 8 heteroatoms. The molecule has 1 fully saturated rings. The zero-order valence-corrected chi connectivity index (χ0v) is 22.8. The van der Waals surface area contributed by atoms with E-state index in [2.05, 4.69) is 38.1 Å². The molecule has 7 nitrogen and oxygen atoms in total. The number of carboxylic acids is 1. The smallest absolute Gasteiger partial charge is 0.304 e. The molecule has 0 saturated carbocycles. The lowest BCUT2D eigenvalue weighted by atomic mass is 9.94. The number of aliphatic carboxylic acids is 1. The predicted molar refractivity (Wildman–Crippen MR) is 147 cm³/mol. The van der Waals surface area contributed by atoms with Crippen LogP contribution in [0.3, 0.4) is 0 Å². The predicted octanol–water partition coefficient (Wildman–Crippen LogP) is 5.25. The maximum absolute atomic E-state index is 11.7. The molecule has 0 radical (unpaired) electrons. The lowest BCUT2D eigenvalue weighted by molar-refractivity contribution is -0.137. The van der Waals surface area contributed by atoms with Gasteiger partial charge in [0.25, 0.3) is 0 Å². The van der Waals surface area contributed by atoms with Crippen LogP contribution in [0, 0.1) is 13.8 Å². The van der Waals surface area contributed by atoms with E-state index in [0.29, 0.717) is 31.3 Å². The second-order valence-electron chi connectivity index (χ2n) is 10.1. The van der Waals surface area contributed by atoms with E-state index in [1.807, 2.05) is 34.6 Å². The molecule has 5 rings (SSSR count). The first-order valence-electron chi connectivity index (χ1n) is 12.8. The largest absolute Gasteiger partial charge is 0.598 e. The quantitative estimate of drug-likeness (QED) is 0.374. The Morgan fingerprint density at radius 1 is 1.13 bits per heavy atom. The molecule has 0 spiro atoms. The Morgan fingerprint density at radius 2 is 1.92 bits per heavy atom. The van der Waals surface area contributed by atoms with E-state index >= 15 is 0 Å². The fraction of sp³-hybridized carbons (Fsp3) is 0.367. The molecule has 200 valence electrons. The first-order valence-corrected chi connectivity index (χ1v) is 14.4. The van der Waals surface area contributed by atoms with E-state index in [1.165, 1.54) is 5.56 Å². The summed E-state index contributed by atoms with van der Waals surface area (Å²) in [6.45, 7) is 6.47. The summed E-state index contributed by atoms with van der Waals surface area (Å²) in [4.78, 5) is 11.1. The van der Waals surface area contributed by atoms with Gasteiger partial charge in [-0.15, -0.1) is 4.31 Å². The maximum atomic E-state index is 11.7. The molecule has 2 unspecified atom stereocenters. The Morgan fingerprint density at radius 3 is 2.63 bits per heavy atom. The molecule has 0 amide bonds. The van der Waals surface area contributed by atoms with Gasteiger partial charge in [-0.05, 0) is 65.9 Å². The monoisotopic (exact) mass is 535 g/mol. The highest BCUT2D eigenvalue weighted by Crippen LogP contribution is 2.38.